The molecule has 35 heavy (non-hydrogen) atoms. The molecule has 3 aromatic carbocycles. The summed E-state index contributed by atoms with van der Waals surface area (Å²) in [4.78, 5) is 36.0. The number of rotatable bonds is 11. The Bertz CT molecular complexity index is 1150. The highest BCUT2D eigenvalue weighted by molar-refractivity contribution is 8.00. The Kier molecular flexibility index (Phi) is 9.25. The molecule has 8 nitrogen and oxygen atoms in total. The maximum Gasteiger partial charge on any atom is 0.269 e. The number of non-ortho nitro benzene ring substituents is 1. The third kappa shape index (κ3) is 7.86. The highest BCUT2D eigenvalue weighted by atomic mass is 32.2. The number of hydrogen-bond donors (Lipinski definition) is 2. The number of nitrogens with zero attached hydrogens (tertiary/aromatic N) is 1. The van der Waals surface area contributed by atoms with Gasteiger partial charge in [-0.2, -0.15) is 0 Å². The first-order valence-corrected chi connectivity index (χ1v) is 12.1. The first kappa shape index (κ1) is 25.8. The lowest BCUT2D eigenvalue weighted by molar-refractivity contribution is -0.384. The van der Waals surface area contributed by atoms with Gasteiger partial charge < -0.3 is 15.4 Å². The van der Waals surface area contributed by atoms with Gasteiger partial charge in [-0.3, -0.25) is 19.7 Å². The van der Waals surface area contributed by atoms with Crippen molar-refractivity contribution in [2.45, 2.75) is 36.8 Å². The molecule has 0 saturated heterocycles. The van der Waals surface area contributed by atoms with Crippen molar-refractivity contribution >= 4 is 40.6 Å². The molecule has 0 bridgehead atoms. The number of amides is 2. The normalized spacial score (nSPS) is 11.4. The summed E-state index contributed by atoms with van der Waals surface area (Å²) >= 11 is 1.40. The second kappa shape index (κ2) is 12.6. The lowest BCUT2D eigenvalue weighted by Gasteiger charge is -2.13. The van der Waals surface area contributed by atoms with Crippen LogP contribution in [0.3, 0.4) is 0 Å². The minimum absolute atomic E-state index is 0.0745. The number of hydrogen-bond acceptors (Lipinski definition) is 6. The van der Waals surface area contributed by atoms with E-state index >= 15 is 0 Å². The number of nitro groups is 1. The molecule has 9 heteroatoms. The number of carbonyl (C=O) groups is 2. The number of nitrogens with one attached hydrogen (secondary N) is 2. The minimum Gasteiger partial charge on any atom is -0.494 e. The van der Waals surface area contributed by atoms with Gasteiger partial charge in [0.15, 0.2) is 0 Å². The zero-order chi connectivity index (χ0) is 25.2. The van der Waals surface area contributed by atoms with Gasteiger partial charge in [-0.15, -0.1) is 11.8 Å². The molecule has 1 atom stereocenters. The molecule has 0 heterocycles. The van der Waals surface area contributed by atoms with Crippen LogP contribution in [0.2, 0.25) is 0 Å². The zero-order valence-electron chi connectivity index (χ0n) is 19.5. The summed E-state index contributed by atoms with van der Waals surface area (Å²) in [5, 5.41) is 16.1. The number of carbonyl (C=O) groups excluding carboxylic acids is 2. The van der Waals surface area contributed by atoms with E-state index < -0.39 is 4.92 Å². The molecule has 182 valence electrons. The number of ether oxygens (including phenoxy) is 1. The molecule has 3 aromatic rings. The lowest BCUT2D eigenvalue weighted by atomic mass is 10.2. The van der Waals surface area contributed by atoms with Gasteiger partial charge in [0.2, 0.25) is 5.91 Å². The van der Waals surface area contributed by atoms with E-state index in [2.05, 4.69) is 17.6 Å². The molecule has 0 aromatic heterocycles. The molecule has 0 fully saturated rings. The number of benzene rings is 3. The average molecular weight is 494 g/mol. The Morgan fingerprint density at radius 3 is 2.14 bits per heavy atom. The second-order valence-electron chi connectivity index (χ2n) is 7.76. The lowest BCUT2D eigenvalue weighted by Crippen LogP contribution is -2.22. The van der Waals surface area contributed by atoms with E-state index in [1.54, 1.807) is 12.1 Å². The highest BCUT2D eigenvalue weighted by Gasteiger charge is 2.15. The standard InChI is InChI=1S/C26H27N3O5S/c1-3-4-17-34-23-13-7-20(8-14-23)27-25(30)18(2)35-24-15-9-21(10-16-24)28-26(31)19-5-11-22(12-6-19)29(32)33/h5-16,18H,3-4,17H2,1-2H3,(H,27,30)(H,28,31). The van der Waals surface area contributed by atoms with Gasteiger partial charge in [0.05, 0.1) is 16.8 Å². The zero-order valence-corrected chi connectivity index (χ0v) is 20.3. The van der Waals surface area contributed by atoms with Crippen molar-refractivity contribution in [1.29, 1.82) is 0 Å². The van der Waals surface area contributed by atoms with Gasteiger partial charge in [-0.25, -0.2) is 0 Å². The summed E-state index contributed by atoms with van der Waals surface area (Å²) in [5.74, 6) is 0.291. The van der Waals surface area contributed by atoms with Crippen LogP contribution in [0.1, 0.15) is 37.0 Å². The largest absolute Gasteiger partial charge is 0.494 e. The quantitative estimate of drug-likeness (QED) is 0.144. The molecule has 0 aliphatic heterocycles. The average Bonchev–Trinajstić information content (AvgIpc) is 2.86. The number of unbranched alkanes of at least 4 members (excludes halogenated alkanes) is 1. The van der Waals surface area contributed by atoms with Gasteiger partial charge in [0, 0.05) is 34.0 Å². The summed E-state index contributed by atoms with van der Waals surface area (Å²) in [6, 6.07) is 19.8. The van der Waals surface area contributed by atoms with Crippen LogP contribution in [0.25, 0.3) is 0 Å². The minimum atomic E-state index is -0.514. The number of nitro benzene ring substituents is 1. The number of anilines is 2. The molecule has 3 rings (SSSR count). The van der Waals surface area contributed by atoms with E-state index in [9.17, 15) is 19.7 Å². The van der Waals surface area contributed by atoms with E-state index in [-0.39, 0.29) is 22.8 Å². The maximum absolute atomic E-state index is 12.6. The van der Waals surface area contributed by atoms with Crippen LogP contribution in [0.5, 0.6) is 5.75 Å². The predicted molar refractivity (Wildman–Crippen MR) is 138 cm³/mol. The Labute approximate surface area is 208 Å². The molecule has 2 N–H and O–H groups in total. The van der Waals surface area contributed by atoms with Gasteiger partial charge in [0.25, 0.3) is 11.6 Å². The van der Waals surface area contributed by atoms with E-state index in [4.69, 9.17) is 4.74 Å². The van der Waals surface area contributed by atoms with Crippen LogP contribution in [0, 0.1) is 10.1 Å². The molecule has 1 unspecified atom stereocenters. The molecule has 0 aliphatic rings. The summed E-state index contributed by atoms with van der Waals surface area (Å²) < 4.78 is 5.64. The van der Waals surface area contributed by atoms with Crippen LogP contribution in [-0.2, 0) is 4.79 Å². The second-order valence-corrected chi connectivity index (χ2v) is 9.17. The highest BCUT2D eigenvalue weighted by Crippen LogP contribution is 2.26. The molecule has 2 amide bonds. The first-order chi connectivity index (χ1) is 16.9. The molecule has 0 radical (unpaired) electrons. The first-order valence-electron chi connectivity index (χ1n) is 11.2. The fraction of sp³-hybridized carbons (Fsp3) is 0.231. The van der Waals surface area contributed by atoms with Crippen molar-refractivity contribution < 1.29 is 19.2 Å². The van der Waals surface area contributed by atoms with Gasteiger partial charge >= 0.3 is 0 Å². The van der Waals surface area contributed by atoms with Crippen LogP contribution < -0.4 is 15.4 Å². The Morgan fingerprint density at radius 2 is 1.54 bits per heavy atom. The summed E-state index contributed by atoms with van der Waals surface area (Å²) in [7, 11) is 0. The van der Waals surface area contributed by atoms with Crippen molar-refractivity contribution in [3.63, 3.8) is 0 Å². The maximum atomic E-state index is 12.6. The third-order valence-electron chi connectivity index (χ3n) is 5.02. The molecular weight excluding hydrogens is 466 g/mol. The molecule has 0 spiro atoms. The van der Waals surface area contributed by atoms with Crippen molar-refractivity contribution in [1.82, 2.24) is 0 Å². The van der Waals surface area contributed by atoms with Gasteiger partial charge in [0.1, 0.15) is 5.75 Å². The Balaban J connectivity index is 1.49. The third-order valence-corrected chi connectivity index (χ3v) is 6.14. The fourth-order valence-electron chi connectivity index (χ4n) is 3.03. The molecular formula is C26H27N3O5S. The van der Waals surface area contributed by atoms with Crippen LogP contribution in [0.15, 0.2) is 77.7 Å². The monoisotopic (exact) mass is 493 g/mol. The molecule has 0 aliphatic carbocycles. The van der Waals surface area contributed by atoms with Crippen LogP contribution >= 0.6 is 11.8 Å². The summed E-state index contributed by atoms with van der Waals surface area (Å²) in [6.45, 7) is 4.61. The van der Waals surface area contributed by atoms with E-state index in [0.29, 0.717) is 23.5 Å². The molecule has 0 saturated carbocycles. The Hall–Kier alpha value is -3.85. The Morgan fingerprint density at radius 1 is 0.943 bits per heavy atom. The van der Waals surface area contributed by atoms with Crippen molar-refractivity contribution in [2.75, 3.05) is 17.2 Å². The SMILES string of the molecule is CCCCOc1ccc(NC(=O)C(C)Sc2ccc(NC(=O)c3ccc([N+](=O)[O-])cc3)cc2)cc1. The van der Waals surface area contributed by atoms with Crippen molar-refractivity contribution in [3.8, 4) is 5.75 Å². The van der Waals surface area contributed by atoms with E-state index in [1.165, 1.54) is 36.0 Å². The number of thioether (sulfide) groups is 1. The van der Waals surface area contributed by atoms with E-state index in [0.717, 1.165) is 23.5 Å². The van der Waals surface area contributed by atoms with Crippen LogP contribution in [0.4, 0.5) is 17.1 Å². The predicted octanol–water partition coefficient (Wildman–Crippen LogP) is 6.15. The summed E-state index contributed by atoms with van der Waals surface area (Å²) in [5.41, 5.74) is 1.53. The van der Waals surface area contributed by atoms with Gasteiger partial charge in [-0.1, -0.05) is 13.3 Å². The van der Waals surface area contributed by atoms with Crippen molar-refractivity contribution in [2.24, 2.45) is 0 Å². The van der Waals surface area contributed by atoms with Crippen LogP contribution in [-0.4, -0.2) is 28.6 Å². The summed E-state index contributed by atoms with van der Waals surface area (Å²) in [6.07, 6.45) is 2.07. The topological polar surface area (TPSA) is 111 Å². The smallest absolute Gasteiger partial charge is 0.269 e. The van der Waals surface area contributed by atoms with Crippen molar-refractivity contribution in [3.05, 3.63) is 88.5 Å². The van der Waals surface area contributed by atoms with Gasteiger partial charge in [-0.05, 0) is 74.0 Å². The fourth-order valence-corrected chi connectivity index (χ4v) is 3.89. The van der Waals surface area contributed by atoms with E-state index in [1.807, 2.05) is 43.3 Å².